The fourth-order valence-corrected chi connectivity index (χ4v) is 3.99. The second kappa shape index (κ2) is 7.10. The van der Waals surface area contributed by atoms with Gasteiger partial charge in [0.05, 0.1) is 5.41 Å². The molecule has 1 N–H and O–H groups in total. The third-order valence-corrected chi connectivity index (χ3v) is 5.09. The molecule has 0 aromatic rings. The van der Waals surface area contributed by atoms with Crippen LogP contribution in [0, 0.1) is 11.3 Å². The number of carboxylic acids is 1. The van der Waals surface area contributed by atoms with Crippen molar-refractivity contribution in [1.82, 2.24) is 4.90 Å². The zero-order chi connectivity index (χ0) is 17.1. The van der Waals surface area contributed by atoms with E-state index >= 15 is 0 Å². The van der Waals surface area contributed by atoms with Crippen LogP contribution in [0.25, 0.3) is 0 Å². The van der Waals surface area contributed by atoms with Crippen molar-refractivity contribution in [2.45, 2.75) is 77.7 Å². The van der Waals surface area contributed by atoms with E-state index in [1.807, 2.05) is 20.8 Å². The van der Waals surface area contributed by atoms with Crippen molar-refractivity contribution in [3.8, 4) is 0 Å². The van der Waals surface area contributed by atoms with E-state index < -0.39 is 17.0 Å². The van der Waals surface area contributed by atoms with Gasteiger partial charge in [0.1, 0.15) is 5.60 Å². The minimum absolute atomic E-state index is 0.285. The molecular formula is C18H31NO4. The molecule has 132 valence electrons. The van der Waals surface area contributed by atoms with Crippen LogP contribution in [0.2, 0.25) is 0 Å². The van der Waals surface area contributed by atoms with Gasteiger partial charge in [-0.1, -0.05) is 32.1 Å². The number of likely N-dealkylation sites (tertiary alicyclic amines) is 1. The molecule has 5 nitrogen and oxygen atoms in total. The molecule has 23 heavy (non-hydrogen) atoms. The summed E-state index contributed by atoms with van der Waals surface area (Å²) in [5.74, 6) is -0.269. The van der Waals surface area contributed by atoms with E-state index in [0.29, 0.717) is 25.3 Å². The maximum atomic E-state index is 12.3. The second-order valence-corrected chi connectivity index (χ2v) is 8.30. The Morgan fingerprint density at radius 1 is 1.17 bits per heavy atom. The molecule has 2 fully saturated rings. The van der Waals surface area contributed by atoms with E-state index in [4.69, 9.17) is 4.74 Å². The molecule has 0 aromatic carbocycles. The van der Waals surface area contributed by atoms with Crippen LogP contribution in [0.5, 0.6) is 0 Å². The van der Waals surface area contributed by atoms with Crippen molar-refractivity contribution in [3.05, 3.63) is 0 Å². The Morgan fingerprint density at radius 3 is 2.39 bits per heavy atom. The summed E-state index contributed by atoms with van der Waals surface area (Å²) >= 11 is 0. The first-order chi connectivity index (χ1) is 10.7. The molecule has 1 amide bonds. The summed E-state index contributed by atoms with van der Waals surface area (Å²) in [6.45, 7) is 6.38. The van der Waals surface area contributed by atoms with Crippen molar-refractivity contribution in [1.29, 1.82) is 0 Å². The molecule has 0 radical (unpaired) electrons. The molecule has 2 aliphatic rings. The average molecular weight is 325 g/mol. The quantitative estimate of drug-likeness (QED) is 0.849. The van der Waals surface area contributed by atoms with Crippen LogP contribution in [0.3, 0.4) is 0 Å². The van der Waals surface area contributed by atoms with Crippen LogP contribution in [0.4, 0.5) is 4.79 Å². The largest absolute Gasteiger partial charge is 0.481 e. The third-order valence-electron chi connectivity index (χ3n) is 5.09. The van der Waals surface area contributed by atoms with Gasteiger partial charge >= 0.3 is 12.1 Å². The Kier molecular flexibility index (Phi) is 5.58. The number of ether oxygens (including phenoxy) is 1. The molecular weight excluding hydrogens is 294 g/mol. The molecule has 1 heterocycles. The third kappa shape index (κ3) is 4.85. The highest BCUT2D eigenvalue weighted by Crippen LogP contribution is 2.41. The molecule has 5 heteroatoms. The van der Waals surface area contributed by atoms with E-state index in [1.54, 1.807) is 4.90 Å². The van der Waals surface area contributed by atoms with E-state index in [2.05, 4.69) is 0 Å². The van der Waals surface area contributed by atoms with Gasteiger partial charge in [-0.3, -0.25) is 4.79 Å². The maximum absolute atomic E-state index is 12.3. The number of hydrogen-bond donors (Lipinski definition) is 1. The predicted octanol–water partition coefficient (Wildman–Crippen LogP) is 4.06. The molecule has 1 aliphatic heterocycles. The number of aliphatic carboxylic acids is 1. The molecule has 2 rings (SSSR count). The first-order valence-electron chi connectivity index (χ1n) is 8.93. The topological polar surface area (TPSA) is 66.8 Å². The number of amides is 1. The number of hydrogen-bond acceptors (Lipinski definition) is 3. The standard InChI is InChI=1S/C18H31NO4/c1-17(2,3)23-16(22)19-11-7-10-18(13-19,15(20)21)12-14-8-5-4-6-9-14/h14H,4-13H2,1-3H3,(H,20,21). The molecule has 1 aliphatic carbocycles. The van der Waals surface area contributed by atoms with Crippen molar-refractivity contribution >= 4 is 12.1 Å². The Labute approximate surface area is 139 Å². The summed E-state index contributed by atoms with van der Waals surface area (Å²) in [7, 11) is 0. The number of carboxylic acid groups (broad SMARTS) is 1. The van der Waals surface area contributed by atoms with Gasteiger partial charge in [0.2, 0.25) is 0 Å². The van der Waals surface area contributed by atoms with Crippen LogP contribution < -0.4 is 0 Å². The summed E-state index contributed by atoms with van der Waals surface area (Å²) in [5.41, 5.74) is -1.35. The minimum atomic E-state index is -0.794. The van der Waals surface area contributed by atoms with Gasteiger partial charge in [-0.05, 0) is 46.0 Å². The first kappa shape index (κ1) is 18.1. The summed E-state index contributed by atoms with van der Waals surface area (Å²) in [6.07, 6.45) is 7.64. The normalized spacial score (nSPS) is 26.8. The van der Waals surface area contributed by atoms with Gasteiger partial charge < -0.3 is 14.7 Å². The van der Waals surface area contributed by atoms with E-state index in [0.717, 1.165) is 19.3 Å². The summed E-state index contributed by atoms with van der Waals surface area (Å²) in [4.78, 5) is 26.0. The zero-order valence-corrected chi connectivity index (χ0v) is 14.8. The number of carbonyl (C=O) groups is 2. The van der Waals surface area contributed by atoms with Crippen molar-refractivity contribution in [2.24, 2.45) is 11.3 Å². The molecule has 0 spiro atoms. The van der Waals surface area contributed by atoms with Crippen LogP contribution >= 0.6 is 0 Å². The maximum Gasteiger partial charge on any atom is 0.410 e. The lowest BCUT2D eigenvalue weighted by Gasteiger charge is -2.42. The lowest BCUT2D eigenvalue weighted by molar-refractivity contribution is -0.154. The summed E-state index contributed by atoms with van der Waals surface area (Å²) < 4.78 is 5.43. The van der Waals surface area contributed by atoms with Gasteiger partial charge in [-0.25, -0.2) is 4.79 Å². The number of piperidine rings is 1. The Bertz CT molecular complexity index is 437. The smallest absolute Gasteiger partial charge is 0.410 e. The van der Waals surface area contributed by atoms with Crippen molar-refractivity contribution < 1.29 is 19.4 Å². The van der Waals surface area contributed by atoms with Gasteiger partial charge in [0.25, 0.3) is 0 Å². The number of rotatable bonds is 3. The summed E-state index contributed by atoms with van der Waals surface area (Å²) in [5, 5.41) is 9.87. The number of carbonyl (C=O) groups excluding carboxylic acids is 1. The highest BCUT2D eigenvalue weighted by molar-refractivity contribution is 5.77. The molecule has 1 unspecified atom stereocenters. The fourth-order valence-electron chi connectivity index (χ4n) is 3.99. The van der Waals surface area contributed by atoms with Crippen LogP contribution in [0.1, 0.15) is 72.1 Å². The molecule has 1 saturated carbocycles. The molecule has 1 atom stereocenters. The highest BCUT2D eigenvalue weighted by Gasteiger charge is 2.45. The molecule has 1 saturated heterocycles. The first-order valence-corrected chi connectivity index (χ1v) is 8.93. The van der Waals surface area contributed by atoms with Crippen molar-refractivity contribution in [3.63, 3.8) is 0 Å². The lowest BCUT2D eigenvalue weighted by atomic mass is 9.70. The fraction of sp³-hybridized carbons (Fsp3) is 0.889. The zero-order valence-electron chi connectivity index (χ0n) is 14.8. The molecule has 0 aromatic heterocycles. The van der Waals surface area contributed by atoms with Crippen LogP contribution in [0.15, 0.2) is 0 Å². The monoisotopic (exact) mass is 325 g/mol. The van der Waals surface area contributed by atoms with Gasteiger partial charge in [0, 0.05) is 13.1 Å². The van der Waals surface area contributed by atoms with Gasteiger partial charge in [-0.2, -0.15) is 0 Å². The van der Waals surface area contributed by atoms with E-state index in [1.165, 1.54) is 19.3 Å². The van der Waals surface area contributed by atoms with Gasteiger partial charge in [0.15, 0.2) is 0 Å². The summed E-state index contributed by atoms with van der Waals surface area (Å²) in [6, 6.07) is 0. The average Bonchev–Trinajstić information content (AvgIpc) is 2.46. The minimum Gasteiger partial charge on any atom is -0.481 e. The van der Waals surface area contributed by atoms with E-state index in [9.17, 15) is 14.7 Å². The second-order valence-electron chi connectivity index (χ2n) is 8.30. The molecule has 0 bridgehead atoms. The van der Waals surface area contributed by atoms with Crippen molar-refractivity contribution in [2.75, 3.05) is 13.1 Å². The highest BCUT2D eigenvalue weighted by atomic mass is 16.6. The predicted molar refractivity (Wildman–Crippen MR) is 88.3 cm³/mol. The lowest BCUT2D eigenvalue weighted by Crippen LogP contribution is -2.51. The number of nitrogens with zero attached hydrogens (tertiary/aromatic N) is 1. The van der Waals surface area contributed by atoms with E-state index in [-0.39, 0.29) is 12.6 Å². The van der Waals surface area contributed by atoms with Crippen LogP contribution in [-0.4, -0.2) is 40.8 Å². The Balaban J connectivity index is 2.06. The SMILES string of the molecule is CC(C)(C)OC(=O)N1CCCC(CC2CCCCC2)(C(=O)O)C1. The van der Waals surface area contributed by atoms with Crippen LogP contribution in [-0.2, 0) is 9.53 Å². The Morgan fingerprint density at radius 2 is 1.83 bits per heavy atom. The Hall–Kier alpha value is -1.26. The van der Waals surface area contributed by atoms with Gasteiger partial charge in [-0.15, -0.1) is 0 Å².